The van der Waals surface area contributed by atoms with Gasteiger partial charge in [-0.15, -0.1) is 0 Å². The minimum Gasteiger partial charge on any atom is -0.238 e. The van der Waals surface area contributed by atoms with Crippen LogP contribution in [0.3, 0.4) is 0 Å². The Morgan fingerprint density at radius 3 is 1.29 bits per heavy atom. The van der Waals surface area contributed by atoms with Gasteiger partial charge in [-0.3, -0.25) is 0 Å². The molecule has 2 aliphatic rings. The average Bonchev–Trinajstić information content (AvgIpc) is 3.86. The monoisotopic (exact) mass is 659 g/mol. The fourth-order valence-electron chi connectivity index (χ4n) is 7.72. The molecular formula is C44H33N7. The Morgan fingerprint density at radius 1 is 0.431 bits per heavy atom. The molecule has 0 amide bonds. The highest BCUT2D eigenvalue weighted by molar-refractivity contribution is 5.71. The second-order valence-electron chi connectivity index (χ2n) is 13.5. The van der Waals surface area contributed by atoms with Gasteiger partial charge in [-0.2, -0.15) is 0 Å². The number of nitrogens with zero attached hydrogens (tertiary/aromatic N) is 7. The average molecular weight is 660 g/mol. The van der Waals surface area contributed by atoms with E-state index in [0.29, 0.717) is 46.6 Å². The molecule has 3 unspecified atom stereocenters. The van der Waals surface area contributed by atoms with E-state index in [1.165, 1.54) is 31.2 Å². The predicted octanol–water partition coefficient (Wildman–Crippen LogP) is 10.5. The third-order valence-electron chi connectivity index (χ3n) is 10.3. The summed E-state index contributed by atoms with van der Waals surface area (Å²) in [6.07, 6.45) is 5.40. The zero-order valence-corrected chi connectivity index (χ0v) is 27.9. The van der Waals surface area contributed by atoms with Crippen molar-refractivity contribution in [3.8, 4) is 68.3 Å². The Balaban J connectivity index is 1.10. The van der Waals surface area contributed by atoms with E-state index in [4.69, 9.17) is 36.5 Å². The second kappa shape index (κ2) is 13.1. The van der Waals surface area contributed by atoms with E-state index >= 15 is 0 Å². The molecule has 7 nitrogen and oxygen atoms in total. The van der Waals surface area contributed by atoms with E-state index < -0.39 is 0 Å². The van der Waals surface area contributed by atoms with Crippen LogP contribution in [0.1, 0.15) is 37.2 Å². The first-order chi connectivity index (χ1) is 25.2. The predicted molar refractivity (Wildman–Crippen MR) is 200 cm³/mol. The van der Waals surface area contributed by atoms with Gasteiger partial charge in [0.1, 0.15) is 0 Å². The van der Waals surface area contributed by atoms with Crippen molar-refractivity contribution in [2.75, 3.05) is 0 Å². The van der Waals surface area contributed by atoms with E-state index in [0.717, 1.165) is 45.2 Å². The van der Waals surface area contributed by atoms with Gasteiger partial charge in [0.2, 0.25) is 0 Å². The van der Waals surface area contributed by atoms with Crippen LogP contribution in [0.25, 0.3) is 73.2 Å². The number of benzene rings is 5. The van der Waals surface area contributed by atoms with Gasteiger partial charge in [0, 0.05) is 33.4 Å². The molecule has 2 bridgehead atoms. The maximum Gasteiger partial charge on any atom is 0.187 e. The molecule has 5 aromatic carbocycles. The maximum absolute atomic E-state index is 7.33. The van der Waals surface area contributed by atoms with Crippen molar-refractivity contribution in [2.24, 2.45) is 11.8 Å². The van der Waals surface area contributed by atoms with Crippen molar-refractivity contribution < 1.29 is 0 Å². The number of rotatable bonds is 7. The fourth-order valence-corrected chi connectivity index (χ4v) is 7.72. The Bertz CT molecular complexity index is 2390. The molecule has 0 spiro atoms. The van der Waals surface area contributed by atoms with Crippen LogP contribution < -0.4 is 0 Å². The van der Waals surface area contributed by atoms with Crippen LogP contribution in [0.5, 0.6) is 0 Å². The molecule has 0 radical (unpaired) electrons. The SMILES string of the molecule is [C-]#[N+]c1ccc(-c2nc(-c3ccccc3)nc(-c3ccc(-c4nc(-c5ccccc5)nc(-c5cccc(C6CC7CCC6C7)c5)n4)cc3)n2)cc1. The molecule has 2 aromatic heterocycles. The zero-order valence-electron chi connectivity index (χ0n) is 27.9. The van der Waals surface area contributed by atoms with Gasteiger partial charge in [0.15, 0.2) is 40.6 Å². The first-order valence-electron chi connectivity index (χ1n) is 17.5. The molecule has 2 saturated carbocycles. The third kappa shape index (κ3) is 6.17. The summed E-state index contributed by atoms with van der Waals surface area (Å²) in [7, 11) is 0. The van der Waals surface area contributed by atoms with E-state index in [1.54, 1.807) is 12.1 Å². The lowest BCUT2D eigenvalue weighted by molar-refractivity contribution is 0.420. The molecular weight excluding hydrogens is 627 g/mol. The topological polar surface area (TPSA) is 81.7 Å². The molecule has 244 valence electrons. The first kappa shape index (κ1) is 30.7. The minimum atomic E-state index is 0.543. The summed E-state index contributed by atoms with van der Waals surface area (Å²) in [6, 6.07) is 44.2. The molecule has 2 aliphatic carbocycles. The largest absolute Gasteiger partial charge is 0.238 e. The molecule has 7 heteroatoms. The highest BCUT2D eigenvalue weighted by atomic mass is 15.0. The molecule has 51 heavy (non-hydrogen) atoms. The van der Waals surface area contributed by atoms with Crippen LogP contribution in [0.4, 0.5) is 5.69 Å². The van der Waals surface area contributed by atoms with E-state index in [-0.39, 0.29) is 0 Å². The van der Waals surface area contributed by atoms with Crippen molar-refractivity contribution in [3.63, 3.8) is 0 Å². The van der Waals surface area contributed by atoms with Gasteiger partial charge in [-0.1, -0.05) is 134 Å². The smallest absolute Gasteiger partial charge is 0.187 e. The summed E-state index contributed by atoms with van der Waals surface area (Å²) < 4.78 is 0. The van der Waals surface area contributed by atoms with Crippen LogP contribution in [-0.2, 0) is 0 Å². The Hall–Kier alpha value is -6.39. The normalized spacial score (nSPS) is 17.7. The van der Waals surface area contributed by atoms with Crippen LogP contribution in [0, 0.1) is 18.4 Å². The number of hydrogen-bond acceptors (Lipinski definition) is 6. The fraction of sp³-hybridized carbons (Fsp3) is 0.159. The highest BCUT2D eigenvalue weighted by Crippen LogP contribution is 2.53. The molecule has 0 aliphatic heterocycles. The van der Waals surface area contributed by atoms with Gasteiger partial charge in [-0.25, -0.2) is 34.7 Å². The van der Waals surface area contributed by atoms with Gasteiger partial charge in [-0.05, 0) is 48.6 Å². The van der Waals surface area contributed by atoms with Crippen molar-refractivity contribution in [3.05, 3.63) is 150 Å². The number of fused-ring (bicyclic) bond motifs is 2. The summed E-state index contributed by atoms with van der Waals surface area (Å²) in [5, 5.41) is 0. The Kier molecular flexibility index (Phi) is 7.90. The van der Waals surface area contributed by atoms with Gasteiger partial charge < -0.3 is 0 Å². The van der Waals surface area contributed by atoms with E-state index in [9.17, 15) is 0 Å². The van der Waals surface area contributed by atoms with E-state index in [2.05, 4.69) is 29.1 Å². The summed E-state index contributed by atoms with van der Waals surface area (Å²) in [6.45, 7) is 7.33. The van der Waals surface area contributed by atoms with Crippen molar-refractivity contribution in [2.45, 2.75) is 31.6 Å². The Labute approximate surface area is 297 Å². The van der Waals surface area contributed by atoms with Crippen LogP contribution in [-0.4, -0.2) is 29.9 Å². The van der Waals surface area contributed by atoms with Gasteiger partial charge in [0.25, 0.3) is 0 Å². The van der Waals surface area contributed by atoms with Gasteiger partial charge >= 0.3 is 0 Å². The number of hydrogen-bond donors (Lipinski definition) is 0. The molecule has 0 saturated heterocycles. The van der Waals surface area contributed by atoms with Crippen molar-refractivity contribution >= 4 is 5.69 Å². The summed E-state index contributed by atoms with van der Waals surface area (Å²) in [4.78, 5) is 33.1. The molecule has 0 N–H and O–H groups in total. The molecule has 7 aromatic rings. The third-order valence-corrected chi connectivity index (χ3v) is 10.3. The van der Waals surface area contributed by atoms with Crippen LogP contribution in [0.2, 0.25) is 0 Å². The van der Waals surface area contributed by atoms with Crippen molar-refractivity contribution in [1.82, 2.24) is 29.9 Å². The Morgan fingerprint density at radius 2 is 0.863 bits per heavy atom. The summed E-state index contributed by atoms with van der Waals surface area (Å²) in [5.41, 5.74) is 7.35. The van der Waals surface area contributed by atoms with Crippen LogP contribution >= 0.6 is 0 Å². The highest BCUT2D eigenvalue weighted by Gasteiger charge is 2.40. The lowest BCUT2D eigenvalue weighted by atomic mass is 9.83. The molecule has 9 rings (SSSR count). The maximum atomic E-state index is 7.33. The van der Waals surface area contributed by atoms with Gasteiger partial charge in [0.05, 0.1) is 6.57 Å². The van der Waals surface area contributed by atoms with Crippen LogP contribution in [0.15, 0.2) is 133 Å². The van der Waals surface area contributed by atoms with E-state index in [1.807, 2.05) is 97.1 Å². The lowest BCUT2D eigenvalue weighted by Gasteiger charge is -2.22. The zero-order chi connectivity index (χ0) is 34.1. The van der Waals surface area contributed by atoms with Crippen molar-refractivity contribution in [1.29, 1.82) is 0 Å². The summed E-state index contributed by atoms with van der Waals surface area (Å²) in [5.74, 6) is 5.91. The molecule has 2 fully saturated rings. The number of aromatic nitrogens is 6. The quantitative estimate of drug-likeness (QED) is 0.158. The molecule has 2 heterocycles. The first-order valence-corrected chi connectivity index (χ1v) is 17.5. The summed E-state index contributed by atoms with van der Waals surface area (Å²) >= 11 is 0. The molecule has 3 atom stereocenters. The lowest BCUT2D eigenvalue weighted by Crippen LogP contribution is -2.08. The second-order valence-corrected chi connectivity index (χ2v) is 13.5. The minimum absolute atomic E-state index is 0.543. The standard InChI is InChI=1S/C44H33N7/c1-45-37-23-21-33(22-24-37)43-47-39(29-9-4-2-5-10-29)46-41(49-43)31-17-19-32(20-18-31)42-48-40(30-11-6-3-7-12-30)50-44(51-42)36-14-8-13-34(27-36)38-26-28-15-16-35(38)25-28/h2-14,17-24,27-28,35,38H,15-16,25-26H2.